The van der Waals surface area contributed by atoms with Crippen molar-refractivity contribution in [1.29, 1.82) is 0 Å². The lowest BCUT2D eigenvalue weighted by molar-refractivity contribution is 0.0639. The van der Waals surface area contributed by atoms with Crippen molar-refractivity contribution in [2.45, 2.75) is 37.8 Å². The van der Waals surface area contributed by atoms with Crippen LogP contribution >= 0.6 is 0 Å². The summed E-state index contributed by atoms with van der Waals surface area (Å²) in [6, 6.07) is 8.25. The normalized spacial score (nSPS) is 18.1. The molecule has 16 heavy (non-hydrogen) atoms. The predicted molar refractivity (Wildman–Crippen MR) is 65.5 cm³/mol. The molecule has 88 valence electrons. The van der Waals surface area contributed by atoms with Gasteiger partial charge in [-0.05, 0) is 50.4 Å². The maximum absolute atomic E-state index is 14.1. The SMILES string of the molecule is CNCCc1ccccc1CC1(F)CCC1. The standard InChI is InChI=1S/C14H20FN/c1-16-10-7-12-5-2-3-6-13(12)11-14(15)8-4-9-14/h2-3,5-6,16H,4,7-11H2,1H3. The molecule has 0 spiro atoms. The zero-order valence-corrected chi connectivity index (χ0v) is 9.93. The van der Waals surface area contributed by atoms with Gasteiger partial charge in [0, 0.05) is 6.42 Å². The molecule has 0 atom stereocenters. The Hall–Kier alpha value is -0.890. The Morgan fingerprint density at radius 2 is 1.94 bits per heavy atom. The summed E-state index contributed by atoms with van der Waals surface area (Å²) in [5.41, 5.74) is 1.58. The van der Waals surface area contributed by atoms with Crippen LogP contribution in [0, 0.1) is 0 Å². The van der Waals surface area contributed by atoms with E-state index >= 15 is 0 Å². The monoisotopic (exact) mass is 221 g/mol. The van der Waals surface area contributed by atoms with E-state index in [0.29, 0.717) is 6.42 Å². The van der Waals surface area contributed by atoms with Crippen LogP contribution in [0.3, 0.4) is 0 Å². The topological polar surface area (TPSA) is 12.0 Å². The Morgan fingerprint density at radius 3 is 2.50 bits per heavy atom. The number of likely N-dealkylation sites (N-methyl/N-ethyl adjacent to an activating group) is 1. The highest BCUT2D eigenvalue weighted by atomic mass is 19.1. The number of alkyl halides is 1. The van der Waals surface area contributed by atoms with Crippen molar-refractivity contribution in [2.24, 2.45) is 0 Å². The van der Waals surface area contributed by atoms with Crippen LogP contribution in [0.2, 0.25) is 0 Å². The quantitative estimate of drug-likeness (QED) is 0.806. The highest BCUT2D eigenvalue weighted by Crippen LogP contribution is 2.39. The molecule has 0 radical (unpaired) electrons. The van der Waals surface area contributed by atoms with E-state index in [1.54, 1.807) is 0 Å². The second-order valence-electron chi connectivity index (χ2n) is 4.80. The molecule has 2 rings (SSSR count). The largest absolute Gasteiger partial charge is 0.319 e. The van der Waals surface area contributed by atoms with Crippen LogP contribution in [0.4, 0.5) is 4.39 Å². The average molecular weight is 221 g/mol. The zero-order valence-electron chi connectivity index (χ0n) is 9.93. The van der Waals surface area contributed by atoms with Crippen LogP contribution in [0.25, 0.3) is 0 Å². The molecule has 2 heteroatoms. The summed E-state index contributed by atoms with van der Waals surface area (Å²) in [6.45, 7) is 0.955. The van der Waals surface area contributed by atoms with E-state index in [4.69, 9.17) is 0 Å². The summed E-state index contributed by atoms with van der Waals surface area (Å²) in [7, 11) is 1.95. The first kappa shape index (κ1) is 11.6. The van der Waals surface area contributed by atoms with E-state index < -0.39 is 5.67 Å². The number of hydrogen-bond acceptors (Lipinski definition) is 1. The van der Waals surface area contributed by atoms with Gasteiger partial charge >= 0.3 is 0 Å². The predicted octanol–water partition coefficient (Wildman–Crippen LogP) is 2.88. The lowest BCUT2D eigenvalue weighted by Crippen LogP contribution is -2.34. The molecule has 0 aliphatic heterocycles. The van der Waals surface area contributed by atoms with Crippen molar-refractivity contribution in [1.82, 2.24) is 5.32 Å². The molecular formula is C14H20FN. The molecule has 0 amide bonds. The Morgan fingerprint density at radius 1 is 1.25 bits per heavy atom. The maximum atomic E-state index is 14.1. The van der Waals surface area contributed by atoms with E-state index in [0.717, 1.165) is 32.2 Å². The molecule has 0 saturated heterocycles. The van der Waals surface area contributed by atoms with E-state index in [2.05, 4.69) is 17.4 Å². The Balaban J connectivity index is 2.06. The van der Waals surface area contributed by atoms with E-state index in [1.807, 2.05) is 19.2 Å². The molecule has 1 fully saturated rings. The van der Waals surface area contributed by atoms with Crippen LogP contribution in [0.15, 0.2) is 24.3 Å². The summed E-state index contributed by atoms with van der Waals surface area (Å²) in [5, 5.41) is 3.14. The van der Waals surface area contributed by atoms with Gasteiger partial charge in [-0.2, -0.15) is 0 Å². The smallest absolute Gasteiger partial charge is 0.115 e. The average Bonchev–Trinajstić information content (AvgIpc) is 2.26. The van der Waals surface area contributed by atoms with Gasteiger partial charge in [0.1, 0.15) is 5.67 Å². The maximum Gasteiger partial charge on any atom is 0.115 e. The van der Waals surface area contributed by atoms with Crippen LogP contribution in [0.1, 0.15) is 30.4 Å². The molecule has 0 unspecified atom stereocenters. The van der Waals surface area contributed by atoms with E-state index in [9.17, 15) is 4.39 Å². The Labute approximate surface area is 97.1 Å². The van der Waals surface area contributed by atoms with Gasteiger partial charge in [0.25, 0.3) is 0 Å². The van der Waals surface area contributed by atoms with Gasteiger partial charge in [-0.15, -0.1) is 0 Å². The fraction of sp³-hybridized carbons (Fsp3) is 0.571. The number of rotatable bonds is 5. The summed E-state index contributed by atoms with van der Waals surface area (Å²) in [4.78, 5) is 0. The minimum Gasteiger partial charge on any atom is -0.319 e. The van der Waals surface area contributed by atoms with Crippen molar-refractivity contribution in [3.8, 4) is 0 Å². The second kappa shape index (κ2) is 4.96. The Bertz CT molecular complexity index is 344. The number of nitrogens with one attached hydrogen (secondary N) is 1. The van der Waals surface area contributed by atoms with Gasteiger partial charge in [0.15, 0.2) is 0 Å². The lowest BCUT2D eigenvalue weighted by atomic mass is 9.77. The molecule has 1 aromatic rings. The molecule has 1 aliphatic rings. The fourth-order valence-corrected chi connectivity index (χ4v) is 2.31. The van der Waals surface area contributed by atoms with Crippen molar-refractivity contribution < 1.29 is 4.39 Å². The molecular weight excluding hydrogens is 201 g/mol. The van der Waals surface area contributed by atoms with Crippen molar-refractivity contribution in [3.63, 3.8) is 0 Å². The summed E-state index contributed by atoms with van der Waals surface area (Å²) < 4.78 is 14.1. The summed E-state index contributed by atoms with van der Waals surface area (Å²) in [6.07, 6.45) is 4.13. The van der Waals surface area contributed by atoms with Crippen molar-refractivity contribution in [3.05, 3.63) is 35.4 Å². The van der Waals surface area contributed by atoms with Crippen LogP contribution in [-0.4, -0.2) is 19.3 Å². The summed E-state index contributed by atoms with van der Waals surface area (Å²) in [5.74, 6) is 0. The van der Waals surface area contributed by atoms with E-state index in [1.165, 1.54) is 11.1 Å². The third-order valence-corrected chi connectivity index (χ3v) is 3.52. The molecule has 0 bridgehead atoms. The Kier molecular flexibility index (Phi) is 3.59. The summed E-state index contributed by atoms with van der Waals surface area (Å²) >= 11 is 0. The number of hydrogen-bond donors (Lipinski definition) is 1. The molecule has 1 N–H and O–H groups in total. The highest BCUT2D eigenvalue weighted by molar-refractivity contribution is 5.29. The molecule has 0 heterocycles. The third-order valence-electron chi connectivity index (χ3n) is 3.52. The first-order chi connectivity index (χ1) is 7.73. The minimum absolute atomic E-state index is 0.604. The van der Waals surface area contributed by atoms with Crippen LogP contribution in [-0.2, 0) is 12.8 Å². The van der Waals surface area contributed by atoms with Gasteiger partial charge in [-0.3, -0.25) is 0 Å². The minimum atomic E-state index is -0.907. The molecule has 1 nitrogen and oxygen atoms in total. The second-order valence-corrected chi connectivity index (χ2v) is 4.80. The van der Waals surface area contributed by atoms with Gasteiger partial charge in [-0.25, -0.2) is 4.39 Å². The van der Waals surface area contributed by atoms with Gasteiger partial charge in [-0.1, -0.05) is 24.3 Å². The lowest BCUT2D eigenvalue weighted by Gasteiger charge is -2.34. The van der Waals surface area contributed by atoms with Crippen LogP contribution in [0.5, 0.6) is 0 Å². The molecule has 1 aliphatic carbocycles. The first-order valence-corrected chi connectivity index (χ1v) is 6.14. The zero-order chi connectivity index (χ0) is 11.4. The molecule has 0 aromatic heterocycles. The van der Waals surface area contributed by atoms with Crippen LogP contribution < -0.4 is 5.32 Å². The van der Waals surface area contributed by atoms with Gasteiger partial charge < -0.3 is 5.32 Å². The molecule has 1 saturated carbocycles. The van der Waals surface area contributed by atoms with Crippen molar-refractivity contribution >= 4 is 0 Å². The highest BCUT2D eigenvalue weighted by Gasteiger charge is 2.37. The number of benzene rings is 1. The van der Waals surface area contributed by atoms with Crippen molar-refractivity contribution in [2.75, 3.05) is 13.6 Å². The third kappa shape index (κ3) is 2.62. The molecule has 1 aromatic carbocycles. The van der Waals surface area contributed by atoms with Gasteiger partial charge in [0.2, 0.25) is 0 Å². The van der Waals surface area contributed by atoms with E-state index in [-0.39, 0.29) is 0 Å². The number of halogens is 1. The van der Waals surface area contributed by atoms with Gasteiger partial charge in [0.05, 0.1) is 0 Å². The first-order valence-electron chi connectivity index (χ1n) is 6.14. The fourth-order valence-electron chi connectivity index (χ4n) is 2.31.